The molecule has 1 N–H and O–H groups in total. The summed E-state index contributed by atoms with van der Waals surface area (Å²) in [5, 5.41) is 16.1. The van der Waals surface area contributed by atoms with E-state index < -0.39 is 5.97 Å². The Morgan fingerprint density at radius 3 is 2.69 bits per heavy atom. The summed E-state index contributed by atoms with van der Waals surface area (Å²) in [7, 11) is 3.48. The van der Waals surface area contributed by atoms with E-state index >= 15 is 0 Å². The lowest BCUT2D eigenvalue weighted by molar-refractivity contribution is 0.0689. The molecule has 1 aromatic heterocycles. The first kappa shape index (κ1) is 12.4. The van der Waals surface area contributed by atoms with Crippen molar-refractivity contribution in [2.75, 3.05) is 25.7 Å². The average Bonchev–Trinajstić information content (AvgIpc) is 2.28. The summed E-state index contributed by atoms with van der Waals surface area (Å²) in [6.45, 7) is 2.55. The van der Waals surface area contributed by atoms with Crippen LogP contribution in [-0.2, 0) is 4.74 Å². The minimum absolute atomic E-state index is 0.0588. The lowest BCUT2D eigenvalue weighted by atomic mass is 10.3. The maximum Gasteiger partial charge on any atom is 0.356 e. The fraction of sp³-hybridized carbons (Fsp3) is 0.500. The Morgan fingerprint density at radius 1 is 1.56 bits per heavy atom. The molecule has 0 saturated carbocycles. The first-order chi connectivity index (χ1) is 7.56. The molecular formula is C10H15N3O3. The molecular weight excluding hydrogens is 210 g/mol. The van der Waals surface area contributed by atoms with E-state index in [1.807, 2.05) is 18.9 Å². The number of rotatable bonds is 5. The van der Waals surface area contributed by atoms with E-state index in [9.17, 15) is 4.79 Å². The molecule has 0 saturated heterocycles. The van der Waals surface area contributed by atoms with Crippen molar-refractivity contribution in [3.8, 4) is 0 Å². The summed E-state index contributed by atoms with van der Waals surface area (Å²) in [6.07, 6.45) is 0. The van der Waals surface area contributed by atoms with Crippen molar-refractivity contribution in [2.24, 2.45) is 0 Å². The first-order valence-corrected chi connectivity index (χ1v) is 4.85. The standard InChI is InChI=1S/C10H15N3O3/c1-7(6-16-3)13(2)9-5-4-8(10(14)15)11-12-9/h4-5,7H,6H2,1-3H3,(H,14,15). The molecule has 0 spiro atoms. The van der Waals surface area contributed by atoms with Gasteiger partial charge in [0.15, 0.2) is 11.5 Å². The summed E-state index contributed by atoms with van der Waals surface area (Å²) >= 11 is 0. The molecule has 6 heteroatoms. The number of nitrogens with zero attached hydrogens (tertiary/aromatic N) is 3. The lowest BCUT2D eigenvalue weighted by Gasteiger charge is -2.24. The number of anilines is 1. The highest BCUT2D eigenvalue weighted by Gasteiger charge is 2.12. The molecule has 0 aromatic carbocycles. The molecule has 1 atom stereocenters. The van der Waals surface area contributed by atoms with Crippen molar-refractivity contribution in [3.05, 3.63) is 17.8 Å². The van der Waals surface area contributed by atoms with Gasteiger partial charge < -0.3 is 14.7 Å². The maximum absolute atomic E-state index is 10.6. The van der Waals surface area contributed by atoms with Crippen LogP contribution in [0.4, 0.5) is 5.82 Å². The minimum atomic E-state index is -1.08. The van der Waals surface area contributed by atoms with Gasteiger partial charge in [-0.05, 0) is 19.1 Å². The van der Waals surface area contributed by atoms with E-state index in [1.165, 1.54) is 6.07 Å². The van der Waals surface area contributed by atoms with Gasteiger partial charge in [0.25, 0.3) is 0 Å². The van der Waals surface area contributed by atoms with Crippen molar-refractivity contribution in [1.82, 2.24) is 10.2 Å². The molecule has 0 radical (unpaired) electrons. The molecule has 1 heterocycles. The second-order valence-electron chi connectivity index (χ2n) is 3.50. The maximum atomic E-state index is 10.6. The molecule has 0 amide bonds. The van der Waals surface area contributed by atoms with Crippen LogP contribution in [-0.4, -0.2) is 48.1 Å². The SMILES string of the molecule is COCC(C)N(C)c1ccc(C(=O)O)nn1. The smallest absolute Gasteiger partial charge is 0.356 e. The Morgan fingerprint density at radius 2 is 2.25 bits per heavy atom. The number of methoxy groups -OCH3 is 1. The van der Waals surface area contributed by atoms with E-state index in [4.69, 9.17) is 9.84 Å². The van der Waals surface area contributed by atoms with Gasteiger partial charge in [0.2, 0.25) is 0 Å². The van der Waals surface area contributed by atoms with Crippen LogP contribution in [0, 0.1) is 0 Å². The van der Waals surface area contributed by atoms with Crippen molar-refractivity contribution in [2.45, 2.75) is 13.0 Å². The predicted octanol–water partition coefficient (Wildman–Crippen LogP) is 0.646. The Kier molecular flexibility index (Phi) is 4.19. The van der Waals surface area contributed by atoms with Crippen molar-refractivity contribution < 1.29 is 14.6 Å². The summed E-state index contributed by atoms with van der Waals surface area (Å²) in [5.41, 5.74) is -0.0588. The van der Waals surface area contributed by atoms with Gasteiger partial charge in [-0.1, -0.05) is 0 Å². The Hall–Kier alpha value is -1.69. The molecule has 1 rings (SSSR count). The number of likely N-dealkylation sites (N-methyl/N-ethyl adjacent to an activating group) is 1. The zero-order chi connectivity index (χ0) is 12.1. The molecule has 6 nitrogen and oxygen atoms in total. The normalized spacial score (nSPS) is 12.2. The minimum Gasteiger partial charge on any atom is -0.476 e. The fourth-order valence-electron chi connectivity index (χ4n) is 1.21. The van der Waals surface area contributed by atoms with E-state index in [0.717, 1.165) is 0 Å². The first-order valence-electron chi connectivity index (χ1n) is 4.85. The molecule has 0 aliphatic rings. The average molecular weight is 225 g/mol. The van der Waals surface area contributed by atoms with Crippen LogP contribution in [0.25, 0.3) is 0 Å². The quantitative estimate of drug-likeness (QED) is 0.792. The van der Waals surface area contributed by atoms with Gasteiger partial charge in [-0.15, -0.1) is 10.2 Å². The van der Waals surface area contributed by atoms with E-state index in [-0.39, 0.29) is 11.7 Å². The Balaban J connectivity index is 2.77. The van der Waals surface area contributed by atoms with Gasteiger partial charge in [-0.3, -0.25) is 0 Å². The van der Waals surface area contributed by atoms with E-state index in [0.29, 0.717) is 12.4 Å². The van der Waals surface area contributed by atoms with Crippen LogP contribution in [0.5, 0.6) is 0 Å². The number of hydrogen-bond donors (Lipinski definition) is 1. The van der Waals surface area contributed by atoms with Crippen LogP contribution in [0.3, 0.4) is 0 Å². The third-order valence-electron chi connectivity index (χ3n) is 2.30. The highest BCUT2D eigenvalue weighted by molar-refractivity contribution is 5.85. The number of carboxylic acid groups (broad SMARTS) is 1. The van der Waals surface area contributed by atoms with Crippen LogP contribution >= 0.6 is 0 Å². The van der Waals surface area contributed by atoms with E-state index in [2.05, 4.69) is 10.2 Å². The summed E-state index contributed by atoms with van der Waals surface area (Å²) in [5.74, 6) is -0.457. The zero-order valence-corrected chi connectivity index (χ0v) is 9.54. The largest absolute Gasteiger partial charge is 0.476 e. The summed E-state index contributed by atoms with van der Waals surface area (Å²) < 4.78 is 5.02. The monoisotopic (exact) mass is 225 g/mol. The molecule has 0 fully saturated rings. The predicted molar refractivity (Wildman–Crippen MR) is 58.7 cm³/mol. The van der Waals surface area contributed by atoms with Gasteiger partial charge in [-0.25, -0.2) is 4.79 Å². The highest BCUT2D eigenvalue weighted by Crippen LogP contribution is 2.10. The second kappa shape index (κ2) is 5.41. The number of aromatic carboxylic acids is 1. The Labute approximate surface area is 93.9 Å². The number of ether oxygens (including phenoxy) is 1. The van der Waals surface area contributed by atoms with Gasteiger partial charge in [-0.2, -0.15) is 0 Å². The molecule has 16 heavy (non-hydrogen) atoms. The molecule has 1 aromatic rings. The highest BCUT2D eigenvalue weighted by atomic mass is 16.5. The van der Waals surface area contributed by atoms with Crippen LogP contribution in [0.15, 0.2) is 12.1 Å². The van der Waals surface area contributed by atoms with Crippen LogP contribution in [0.1, 0.15) is 17.4 Å². The number of carboxylic acids is 1. The fourth-order valence-corrected chi connectivity index (χ4v) is 1.21. The van der Waals surface area contributed by atoms with Gasteiger partial charge in [0.1, 0.15) is 0 Å². The molecule has 0 aliphatic carbocycles. The lowest BCUT2D eigenvalue weighted by Crippen LogP contribution is -2.33. The van der Waals surface area contributed by atoms with Crippen molar-refractivity contribution in [3.63, 3.8) is 0 Å². The third kappa shape index (κ3) is 2.90. The molecule has 0 bridgehead atoms. The number of carbonyl (C=O) groups is 1. The van der Waals surface area contributed by atoms with Gasteiger partial charge in [0, 0.05) is 14.2 Å². The second-order valence-corrected chi connectivity index (χ2v) is 3.50. The summed E-state index contributed by atoms with van der Waals surface area (Å²) in [4.78, 5) is 12.5. The van der Waals surface area contributed by atoms with E-state index in [1.54, 1.807) is 13.2 Å². The zero-order valence-electron chi connectivity index (χ0n) is 9.54. The molecule has 88 valence electrons. The van der Waals surface area contributed by atoms with Crippen LogP contribution < -0.4 is 4.90 Å². The number of hydrogen-bond acceptors (Lipinski definition) is 5. The van der Waals surface area contributed by atoms with Gasteiger partial charge in [0.05, 0.1) is 12.6 Å². The van der Waals surface area contributed by atoms with Crippen molar-refractivity contribution in [1.29, 1.82) is 0 Å². The topological polar surface area (TPSA) is 75.5 Å². The third-order valence-corrected chi connectivity index (χ3v) is 2.30. The number of aromatic nitrogens is 2. The van der Waals surface area contributed by atoms with Crippen molar-refractivity contribution >= 4 is 11.8 Å². The molecule has 0 aliphatic heterocycles. The van der Waals surface area contributed by atoms with Crippen LogP contribution in [0.2, 0.25) is 0 Å². The Bertz CT molecular complexity index is 353. The molecule has 1 unspecified atom stereocenters. The van der Waals surface area contributed by atoms with Gasteiger partial charge >= 0.3 is 5.97 Å². The summed E-state index contributed by atoms with van der Waals surface area (Å²) in [6, 6.07) is 3.21.